The van der Waals surface area contributed by atoms with Crippen molar-refractivity contribution in [1.82, 2.24) is 4.98 Å². The van der Waals surface area contributed by atoms with Crippen molar-refractivity contribution < 1.29 is 14.2 Å². The van der Waals surface area contributed by atoms with E-state index in [0.717, 1.165) is 30.0 Å². The van der Waals surface area contributed by atoms with Crippen LogP contribution in [0.2, 0.25) is 0 Å². The summed E-state index contributed by atoms with van der Waals surface area (Å²) >= 11 is 6.22. The summed E-state index contributed by atoms with van der Waals surface area (Å²) in [5.74, 6) is 1.26. The van der Waals surface area contributed by atoms with E-state index in [0.29, 0.717) is 42.9 Å². The van der Waals surface area contributed by atoms with E-state index in [-0.39, 0.29) is 0 Å². The molecule has 6 nitrogen and oxygen atoms in total. The Morgan fingerprint density at radius 2 is 2.11 bits per heavy atom. The number of nitrogens with zero attached hydrogens (tertiary/aromatic N) is 3. The molecule has 1 fully saturated rings. The summed E-state index contributed by atoms with van der Waals surface area (Å²) in [6, 6.07) is 4.00. The van der Waals surface area contributed by atoms with Crippen LogP contribution in [0.3, 0.4) is 0 Å². The highest BCUT2D eigenvalue weighted by molar-refractivity contribution is 6.29. The number of morpholine rings is 1. The normalized spacial score (nSPS) is 16.5. The van der Waals surface area contributed by atoms with Crippen LogP contribution < -0.4 is 4.90 Å². The van der Waals surface area contributed by atoms with Gasteiger partial charge in [0, 0.05) is 29.9 Å². The minimum Gasteiger partial charge on any atom is -0.493 e. The molecule has 7 heteroatoms. The van der Waals surface area contributed by atoms with E-state index < -0.39 is 0 Å². The van der Waals surface area contributed by atoms with Crippen molar-refractivity contribution >= 4 is 29.6 Å². The molecule has 0 amide bonds. The van der Waals surface area contributed by atoms with E-state index in [1.807, 2.05) is 32.1 Å². The molecule has 2 rings (SSSR count). The first-order valence-corrected chi connectivity index (χ1v) is 9.58. The Bertz CT molecular complexity index is 749. The molecule has 1 aliphatic rings. The molecule has 28 heavy (non-hydrogen) atoms. The number of ether oxygens (including phenoxy) is 3. The van der Waals surface area contributed by atoms with E-state index in [4.69, 9.17) is 25.8 Å². The summed E-state index contributed by atoms with van der Waals surface area (Å²) in [7, 11) is 1.61. The molecule has 1 aromatic heterocycles. The number of anilines is 1. The number of aliphatic imine (C=N–C) groups is 1. The van der Waals surface area contributed by atoms with Crippen LogP contribution in [0.15, 0.2) is 52.0 Å². The Morgan fingerprint density at radius 3 is 2.75 bits per heavy atom. The van der Waals surface area contributed by atoms with Gasteiger partial charge >= 0.3 is 0 Å². The fraction of sp³-hybridized carbons (Fsp3) is 0.429. The van der Waals surface area contributed by atoms with E-state index in [1.165, 1.54) is 0 Å². The van der Waals surface area contributed by atoms with Gasteiger partial charge in [0.25, 0.3) is 0 Å². The van der Waals surface area contributed by atoms with Crippen molar-refractivity contribution in [1.29, 1.82) is 0 Å². The zero-order valence-electron chi connectivity index (χ0n) is 16.8. The zero-order valence-corrected chi connectivity index (χ0v) is 17.5. The molecule has 0 saturated carbocycles. The first-order valence-electron chi connectivity index (χ1n) is 9.20. The third-order valence-electron chi connectivity index (χ3n) is 4.19. The summed E-state index contributed by atoms with van der Waals surface area (Å²) < 4.78 is 16.7. The summed E-state index contributed by atoms with van der Waals surface area (Å²) in [6.45, 7) is 11.2. The van der Waals surface area contributed by atoms with Gasteiger partial charge in [-0.15, -0.1) is 0 Å². The molecule has 0 aliphatic carbocycles. The molecule has 2 heterocycles. The van der Waals surface area contributed by atoms with Crippen LogP contribution in [0.4, 0.5) is 5.69 Å². The van der Waals surface area contributed by atoms with Gasteiger partial charge in [0.1, 0.15) is 12.4 Å². The lowest BCUT2D eigenvalue weighted by atomic mass is 10.1. The average molecular weight is 406 g/mol. The minimum atomic E-state index is 0.443. The number of allylic oxidation sites excluding steroid dienone is 5. The SMILES string of the molecule is C=NCCO/C(C)=C(/C=C(\C=C(/C)Cl)c1ncccc1N1CCOCC1)OC. The molecule has 0 unspecified atom stereocenters. The molecule has 0 N–H and O–H groups in total. The number of aromatic nitrogens is 1. The van der Waals surface area contributed by atoms with E-state index >= 15 is 0 Å². The number of hydrogen-bond donors (Lipinski definition) is 0. The number of halogens is 1. The number of methoxy groups -OCH3 is 1. The lowest BCUT2D eigenvalue weighted by Gasteiger charge is -2.30. The van der Waals surface area contributed by atoms with Crippen LogP contribution >= 0.6 is 11.6 Å². The van der Waals surface area contributed by atoms with Crippen LogP contribution in [-0.4, -0.2) is 58.3 Å². The van der Waals surface area contributed by atoms with Gasteiger partial charge in [0.2, 0.25) is 0 Å². The van der Waals surface area contributed by atoms with Crippen LogP contribution in [0.25, 0.3) is 5.57 Å². The van der Waals surface area contributed by atoms with Gasteiger partial charge in [0.05, 0.1) is 38.2 Å². The Balaban J connectivity index is 2.46. The Kier molecular flexibility index (Phi) is 9.04. The van der Waals surface area contributed by atoms with Gasteiger partial charge in [-0.2, -0.15) is 0 Å². The molecular formula is C21H28ClN3O3. The summed E-state index contributed by atoms with van der Waals surface area (Å²) in [5.41, 5.74) is 2.71. The van der Waals surface area contributed by atoms with Crippen LogP contribution in [0, 0.1) is 0 Å². The second-order valence-corrected chi connectivity index (χ2v) is 6.82. The first-order chi connectivity index (χ1) is 13.6. The van der Waals surface area contributed by atoms with E-state index in [1.54, 1.807) is 13.3 Å². The predicted octanol–water partition coefficient (Wildman–Crippen LogP) is 4.04. The smallest absolute Gasteiger partial charge is 0.156 e. The van der Waals surface area contributed by atoms with Crippen molar-refractivity contribution in [2.24, 2.45) is 4.99 Å². The second-order valence-electron chi connectivity index (χ2n) is 6.22. The van der Waals surface area contributed by atoms with Crippen molar-refractivity contribution in [2.45, 2.75) is 13.8 Å². The molecule has 0 bridgehead atoms. The van der Waals surface area contributed by atoms with Gasteiger partial charge in [-0.1, -0.05) is 11.6 Å². The first kappa shape index (κ1) is 22.0. The highest BCUT2D eigenvalue weighted by Crippen LogP contribution is 2.29. The summed E-state index contributed by atoms with van der Waals surface area (Å²) in [6.07, 6.45) is 5.56. The third kappa shape index (κ3) is 6.39. The fourth-order valence-corrected chi connectivity index (χ4v) is 2.97. The van der Waals surface area contributed by atoms with Crippen LogP contribution in [0.5, 0.6) is 0 Å². The van der Waals surface area contributed by atoms with E-state index in [9.17, 15) is 0 Å². The average Bonchev–Trinajstić information content (AvgIpc) is 2.71. The molecule has 0 spiro atoms. The van der Waals surface area contributed by atoms with Crippen LogP contribution in [-0.2, 0) is 14.2 Å². The molecule has 0 aromatic carbocycles. The summed E-state index contributed by atoms with van der Waals surface area (Å²) in [4.78, 5) is 10.7. The molecule has 0 atom stereocenters. The van der Waals surface area contributed by atoms with Crippen molar-refractivity contribution in [3.05, 3.63) is 52.7 Å². The molecule has 0 radical (unpaired) electrons. The predicted molar refractivity (Wildman–Crippen MR) is 115 cm³/mol. The van der Waals surface area contributed by atoms with Crippen LogP contribution in [0.1, 0.15) is 19.5 Å². The van der Waals surface area contributed by atoms with Gasteiger partial charge in [0.15, 0.2) is 5.76 Å². The highest BCUT2D eigenvalue weighted by Gasteiger charge is 2.18. The highest BCUT2D eigenvalue weighted by atomic mass is 35.5. The maximum atomic E-state index is 6.22. The monoisotopic (exact) mass is 405 g/mol. The minimum absolute atomic E-state index is 0.443. The Morgan fingerprint density at radius 1 is 1.36 bits per heavy atom. The standard InChI is InChI=1S/C21H28ClN3O3/c1-16(22)14-18(15-20(26-4)17(2)28-11-8-23-3)21-19(6-5-7-24-21)25-9-12-27-13-10-25/h5-7,14-15H,3,8-13H2,1-2,4H3/b16-14+,18-15+,20-17-. The zero-order chi connectivity index (χ0) is 20.4. The van der Waals surface area contributed by atoms with Crippen molar-refractivity contribution in [3.63, 3.8) is 0 Å². The van der Waals surface area contributed by atoms with Gasteiger partial charge in [-0.25, -0.2) is 0 Å². The molecular weight excluding hydrogens is 378 g/mol. The van der Waals surface area contributed by atoms with Gasteiger partial charge < -0.3 is 19.1 Å². The molecule has 1 aliphatic heterocycles. The number of rotatable bonds is 9. The fourth-order valence-electron chi connectivity index (χ4n) is 2.85. The summed E-state index contributed by atoms with van der Waals surface area (Å²) in [5, 5.41) is 0.648. The van der Waals surface area contributed by atoms with Gasteiger partial charge in [-0.3, -0.25) is 9.98 Å². The van der Waals surface area contributed by atoms with E-state index in [2.05, 4.69) is 27.7 Å². The van der Waals surface area contributed by atoms with Crippen molar-refractivity contribution in [2.75, 3.05) is 51.5 Å². The molecule has 152 valence electrons. The maximum Gasteiger partial charge on any atom is 0.156 e. The topological polar surface area (TPSA) is 56.2 Å². The molecule has 1 aromatic rings. The lowest BCUT2D eigenvalue weighted by molar-refractivity contribution is 0.122. The van der Waals surface area contributed by atoms with Gasteiger partial charge in [-0.05, 0) is 44.8 Å². The van der Waals surface area contributed by atoms with Crippen molar-refractivity contribution in [3.8, 4) is 0 Å². The lowest BCUT2D eigenvalue weighted by Crippen LogP contribution is -2.36. The molecule has 1 saturated heterocycles. The largest absolute Gasteiger partial charge is 0.493 e. The third-order valence-corrected chi connectivity index (χ3v) is 4.30. The maximum absolute atomic E-state index is 6.22. The number of hydrogen-bond acceptors (Lipinski definition) is 6. The Hall–Kier alpha value is -2.31. The second kappa shape index (κ2) is 11.5. The number of pyridine rings is 1. The Labute approximate surface area is 172 Å². The quantitative estimate of drug-likeness (QED) is 0.268.